The summed E-state index contributed by atoms with van der Waals surface area (Å²) in [5.74, 6) is 0.237. The first-order valence-electron chi connectivity index (χ1n) is 4.30. The van der Waals surface area contributed by atoms with Gasteiger partial charge in [0.25, 0.3) is 0 Å². The lowest BCUT2D eigenvalue weighted by Gasteiger charge is -1.95. The van der Waals surface area contributed by atoms with Crippen molar-refractivity contribution in [3.8, 4) is 11.3 Å². The van der Waals surface area contributed by atoms with Crippen LogP contribution in [0.3, 0.4) is 0 Å². The van der Waals surface area contributed by atoms with Gasteiger partial charge < -0.3 is 5.73 Å². The molecule has 0 spiro atoms. The molecule has 0 fully saturated rings. The molecule has 0 aliphatic rings. The van der Waals surface area contributed by atoms with Gasteiger partial charge >= 0.3 is 0 Å². The summed E-state index contributed by atoms with van der Waals surface area (Å²) in [6.45, 7) is 0. The van der Waals surface area contributed by atoms with E-state index in [1.54, 1.807) is 29.3 Å². The van der Waals surface area contributed by atoms with E-state index in [1.807, 2.05) is 0 Å². The van der Waals surface area contributed by atoms with Crippen molar-refractivity contribution in [1.82, 2.24) is 29.8 Å². The number of nitrogen functional groups attached to an aromatic ring is 1. The second-order valence-electron chi connectivity index (χ2n) is 3.03. The third-order valence-electron chi connectivity index (χ3n) is 2.03. The molecule has 0 atom stereocenters. The van der Waals surface area contributed by atoms with E-state index in [-0.39, 0.29) is 5.95 Å². The summed E-state index contributed by atoms with van der Waals surface area (Å²) in [5, 5.41) is 10.6. The van der Waals surface area contributed by atoms with Crippen molar-refractivity contribution in [3.05, 3.63) is 24.8 Å². The van der Waals surface area contributed by atoms with Crippen molar-refractivity contribution in [2.45, 2.75) is 0 Å². The quantitative estimate of drug-likeness (QED) is 0.581. The minimum absolute atomic E-state index is 0.237. The fraction of sp³-hybridized carbons (Fsp3) is 0. The Morgan fingerprint density at radius 2 is 2.27 bits per heavy atom. The molecule has 0 saturated carbocycles. The zero-order valence-electron chi connectivity index (χ0n) is 7.62. The van der Waals surface area contributed by atoms with Crippen LogP contribution in [0, 0.1) is 0 Å². The zero-order chi connectivity index (χ0) is 10.3. The third-order valence-corrected chi connectivity index (χ3v) is 2.03. The summed E-state index contributed by atoms with van der Waals surface area (Å²) in [7, 11) is 0. The molecule has 74 valence electrons. The fourth-order valence-electron chi connectivity index (χ4n) is 1.35. The summed E-state index contributed by atoms with van der Waals surface area (Å²) in [5.41, 5.74) is 7.75. The number of fused-ring (bicyclic) bond motifs is 1. The maximum Gasteiger partial charge on any atom is 0.240 e. The van der Waals surface area contributed by atoms with Crippen LogP contribution in [0.5, 0.6) is 0 Å². The van der Waals surface area contributed by atoms with Crippen LogP contribution in [0.4, 0.5) is 5.95 Å². The molecule has 0 saturated heterocycles. The lowest BCUT2D eigenvalue weighted by Crippen LogP contribution is -1.92. The van der Waals surface area contributed by atoms with E-state index >= 15 is 0 Å². The van der Waals surface area contributed by atoms with Crippen LogP contribution in [0.1, 0.15) is 0 Å². The number of anilines is 1. The van der Waals surface area contributed by atoms with Crippen molar-refractivity contribution in [3.63, 3.8) is 0 Å². The Bertz CT molecular complexity index is 595. The van der Waals surface area contributed by atoms with Crippen LogP contribution >= 0.6 is 0 Å². The fourth-order valence-corrected chi connectivity index (χ4v) is 1.35. The van der Waals surface area contributed by atoms with Crippen LogP contribution in [0.15, 0.2) is 24.8 Å². The molecule has 0 unspecified atom stereocenters. The molecule has 7 heteroatoms. The molecule has 0 aromatic carbocycles. The topological polar surface area (TPSA) is 97.8 Å². The van der Waals surface area contributed by atoms with E-state index in [2.05, 4.69) is 25.3 Å². The van der Waals surface area contributed by atoms with Gasteiger partial charge in [0.15, 0.2) is 5.65 Å². The van der Waals surface area contributed by atoms with Gasteiger partial charge in [-0.05, 0) is 0 Å². The summed E-state index contributed by atoms with van der Waals surface area (Å²) in [6, 6.07) is 0. The van der Waals surface area contributed by atoms with Gasteiger partial charge in [-0.1, -0.05) is 0 Å². The van der Waals surface area contributed by atoms with Crippen molar-refractivity contribution < 1.29 is 0 Å². The van der Waals surface area contributed by atoms with E-state index in [0.29, 0.717) is 5.65 Å². The van der Waals surface area contributed by atoms with Crippen LogP contribution in [-0.2, 0) is 0 Å². The highest BCUT2D eigenvalue weighted by Crippen LogP contribution is 2.14. The van der Waals surface area contributed by atoms with Crippen molar-refractivity contribution >= 4 is 11.6 Å². The molecule has 3 heterocycles. The number of H-pyrrole nitrogens is 1. The zero-order valence-corrected chi connectivity index (χ0v) is 7.62. The Morgan fingerprint density at radius 3 is 3.07 bits per heavy atom. The molecule has 0 aliphatic carbocycles. The minimum atomic E-state index is 0.237. The summed E-state index contributed by atoms with van der Waals surface area (Å²) in [6.07, 6.45) is 6.82. The first kappa shape index (κ1) is 7.92. The highest BCUT2D eigenvalue weighted by atomic mass is 15.3. The van der Waals surface area contributed by atoms with Gasteiger partial charge in [-0.3, -0.25) is 10.1 Å². The van der Waals surface area contributed by atoms with Gasteiger partial charge in [-0.15, -0.1) is 5.10 Å². The highest BCUT2D eigenvalue weighted by molar-refractivity contribution is 5.57. The summed E-state index contributed by atoms with van der Waals surface area (Å²) < 4.78 is 1.59. The Labute approximate surface area is 84.0 Å². The predicted molar refractivity (Wildman–Crippen MR) is 52.8 cm³/mol. The first-order valence-corrected chi connectivity index (χ1v) is 4.30. The smallest absolute Gasteiger partial charge is 0.240 e. The molecule has 7 nitrogen and oxygen atoms in total. The van der Waals surface area contributed by atoms with E-state index in [1.165, 1.54) is 0 Å². The lowest BCUT2D eigenvalue weighted by molar-refractivity contribution is 0.955. The molecule has 0 radical (unpaired) electrons. The number of nitrogens with zero attached hydrogens (tertiary/aromatic N) is 5. The van der Waals surface area contributed by atoms with Gasteiger partial charge in [-0.25, -0.2) is 4.52 Å². The Balaban J connectivity index is 2.21. The molecule has 3 rings (SSSR count). The number of hydrogen-bond acceptors (Lipinski definition) is 5. The largest absolute Gasteiger partial charge is 0.366 e. The second kappa shape index (κ2) is 2.77. The van der Waals surface area contributed by atoms with Crippen LogP contribution < -0.4 is 5.73 Å². The monoisotopic (exact) mass is 201 g/mol. The molecule has 3 aromatic rings. The minimum Gasteiger partial charge on any atom is -0.366 e. The van der Waals surface area contributed by atoms with Gasteiger partial charge in [0.1, 0.15) is 0 Å². The standard InChI is InChI=1S/C8H7N7/c9-8-13-7-3-10-6(4-15(7)14-8)5-1-11-12-2-5/h1-4H,(H2,9,14)(H,11,12). The Hall–Kier alpha value is -2.44. The van der Waals surface area contributed by atoms with E-state index in [4.69, 9.17) is 5.73 Å². The average molecular weight is 201 g/mol. The van der Waals surface area contributed by atoms with Gasteiger partial charge in [0, 0.05) is 11.8 Å². The molecule has 0 amide bonds. The molecule has 0 aliphatic heterocycles. The Morgan fingerprint density at radius 1 is 1.33 bits per heavy atom. The molecule has 0 bridgehead atoms. The average Bonchev–Trinajstić information content (AvgIpc) is 2.82. The van der Waals surface area contributed by atoms with Crippen LogP contribution in [0.25, 0.3) is 16.9 Å². The molecule has 3 aromatic heterocycles. The summed E-state index contributed by atoms with van der Waals surface area (Å²) in [4.78, 5) is 8.20. The number of hydrogen-bond donors (Lipinski definition) is 2. The number of nitrogens with two attached hydrogens (primary N) is 1. The molecule has 3 N–H and O–H groups in total. The number of nitrogens with one attached hydrogen (secondary N) is 1. The number of aromatic nitrogens is 6. The maximum atomic E-state index is 5.47. The first-order chi connectivity index (χ1) is 7.33. The SMILES string of the molecule is Nc1nc2cnc(-c3cn[nH]c3)cn2n1. The van der Waals surface area contributed by atoms with Gasteiger partial charge in [0.05, 0.1) is 24.3 Å². The van der Waals surface area contributed by atoms with Crippen molar-refractivity contribution in [2.24, 2.45) is 0 Å². The lowest BCUT2D eigenvalue weighted by atomic mass is 10.3. The number of rotatable bonds is 1. The second-order valence-corrected chi connectivity index (χ2v) is 3.03. The molecule has 15 heavy (non-hydrogen) atoms. The normalized spacial score (nSPS) is 10.9. The van der Waals surface area contributed by atoms with Crippen molar-refractivity contribution in [2.75, 3.05) is 5.73 Å². The Kier molecular flexibility index (Phi) is 1.46. The maximum absolute atomic E-state index is 5.47. The third kappa shape index (κ3) is 1.21. The van der Waals surface area contributed by atoms with E-state index < -0.39 is 0 Å². The number of aromatic amines is 1. The van der Waals surface area contributed by atoms with E-state index in [0.717, 1.165) is 11.3 Å². The highest BCUT2D eigenvalue weighted by Gasteiger charge is 2.04. The van der Waals surface area contributed by atoms with Gasteiger partial charge in [-0.2, -0.15) is 10.1 Å². The van der Waals surface area contributed by atoms with E-state index in [9.17, 15) is 0 Å². The molecular formula is C8H7N7. The van der Waals surface area contributed by atoms with Crippen LogP contribution in [0.2, 0.25) is 0 Å². The predicted octanol–water partition coefficient (Wildman–Crippen LogP) is 0.0966. The molecular weight excluding hydrogens is 194 g/mol. The van der Waals surface area contributed by atoms with Gasteiger partial charge in [0.2, 0.25) is 5.95 Å². The van der Waals surface area contributed by atoms with Crippen molar-refractivity contribution in [1.29, 1.82) is 0 Å². The van der Waals surface area contributed by atoms with Crippen LogP contribution in [-0.4, -0.2) is 29.8 Å². The summed E-state index contributed by atoms with van der Waals surface area (Å²) >= 11 is 0.